The highest BCUT2D eigenvalue weighted by molar-refractivity contribution is 6.28. The van der Waals surface area contributed by atoms with Crippen molar-refractivity contribution in [1.29, 1.82) is 0 Å². The van der Waals surface area contributed by atoms with Gasteiger partial charge in [0.1, 0.15) is 5.75 Å². The highest BCUT2D eigenvalue weighted by atomic mass is 35.5. The summed E-state index contributed by atoms with van der Waals surface area (Å²) in [6, 6.07) is 20.0. The highest BCUT2D eigenvalue weighted by Crippen LogP contribution is 2.35. The molecule has 0 atom stereocenters. The average molecular weight is 448 g/mol. The largest absolute Gasteiger partial charge is 0.437 e. The second kappa shape index (κ2) is 9.57. The van der Waals surface area contributed by atoms with Gasteiger partial charge >= 0.3 is 0 Å². The number of ether oxygens (including phenoxy) is 1. The van der Waals surface area contributed by atoms with Crippen LogP contribution in [0.5, 0.6) is 11.6 Å². The van der Waals surface area contributed by atoms with E-state index < -0.39 is 0 Å². The smallest absolute Gasteiger partial charge is 0.246 e. The van der Waals surface area contributed by atoms with Crippen LogP contribution >= 0.6 is 11.6 Å². The van der Waals surface area contributed by atoms with Crippen LogP contribution in [0, 0.1) is 5.92 Å². The van der Waals surface area contributed by atoms with Gasteiger partial charge in [0.15, 0.2) is 5.65 Å². The van der Waals surface area contributed by atoms with E-state index >= 15 is 0 Å². The lowest BCUT2D eigenvalue weighted by Gasteiger charge is -2.22. The molecule has 0 spiro atoms. The van der Waals surface area contributed by atoms with Crippen molar-refractivity contribution in [3.63, 3.8) is 0 Å². The number of hydrogen-bond acceptors (Lipinski definition) is 5. The average Bonchev–Trinajstić information content (AvgIpc) is 3.21. The monoisotopic (exact) mass is 447 g/mol. The summed E-state index contributed by atoms with van der Waals surface area (Å²) in [5.74, 6) is 2.01. The molecule has 7 heteroatoms. The third kappa shape index (κ3) is 4.70. The van der Waals surface area contributed by atoms with Crippen LogP contribution < -0.4 is 10.1 Å². The maximum absolute atomic E-state index is 6.25. The predicted molar refractivity (Wildman–Crippen MR) is 127 cm³/mol. The molecule has 1 aliphatic rings. The van der Waals surface area contributed by atoms with E-state index in [0.29, 0.717) is 11.5 Å². The Kier molecular flexibility index (Phi) is 6.21. The van der Waals surface area contributed by atoms with Crippen LogP contribution in [0.1, 0.15) is 38.5 Å². The molecule has 2 aromatic heterocycles. The second-order valence-corrected chi connectivity index (χ2v) is 8.65. The van der Waals surface area contributed by atoms with Gasteiger partial charge in [-0.15, -0.1) is 15.3 Å². The van der Waals surface area contributed by atoms with Crippen molar-refractivity contribution in [3.05, 3.63) is 65.9 Å². The van der Waals surface area contributed by atoms with E-state index in [4.69, 9.17) is 16.3 Å². The summed E-state index contributed by atoms with van der Waals surface area (Å²) in [6.07, 6.45) is 8.09. The zero-order valence-corrected chi connectivity index (χ0v) is 18.6. The zero-order valence-electron chi connectivity index (χ0n) is 17.9. The Balaban J connectivity index is 1.39. The molecule has 6 nitrogen and oxygen atoms in total. The summed E-state index contributed by atoms with van der Waals surface area (Å²) < 4.78 is 7.71. The van der Waals surface area contributed by atoms with E-state index in [2.05, 4.69) is 44.9 Å². The van der Waals surface area contributed by atoms with E-state index in [1.165, 1.54) is 43.0 Å². The number of rotatable bonds is 7. The summed E-state index contributed by atoms with van der Waals surface area (Å²) in [5, 5.41) is 16.0. The quantitative estimate of drug-likeness (QED) is 0.345. The maximum atomic E-state index is 6.25. The van der Waals surface area contributed by atoms with Gasteiger partial charge in [-0.2, -0.15) is 4.52 Å². The Morgan fingerprint density at radius 3 is 2.66 bits per heavy atom. The molecule has 0 radical (unpaired) electrons. The molecule has 1 fully saturated rings. The molecule has 32 heavy (non-hydrogen) atoms. The van der Waals surface area contributed by atoms with Crippen LogP contribution in [0.15, 0.2) is 60.7 Å². The third-order valence-corrected chi connectivity index (χ3v) is 6.32. The fourth-order valence-corrected chi connectivity index (χ4v) is 4.54. The molecular weight excluding hydrogens is 422 g/mol. The minimum atomic E-state index is 0.201. The van der Waals surface area contributed by atoms with Crippen molar-refractivity contribution >= 4 is 22.9 Å². The first-order valence-corrected chi connectivity index (χ1v) is 11.6. The molecule has 0 amide bonds. The lowest BCUT2D eigenvalue weighted by Crippen LogP contribution is -2.12. The minimum absolute atomic E-state index is 0.201. The molecule has 5 rings (SSSR count). The summed E-state index contributed by atoms with van der Waals surface area (Å²) in [7, 11) is 0. The number of anilines is 1. The summed E-state index contributed by atoms with van der Waals surface area (Å²) >= 11 is 6.08. The molecule has 164 valence electrons. The molecule has 4 aromatic rings. The lowest BCUT2D eigenvalue weighted by atomic mass is 9.87. The zero-order chi connectivity index (χ0) is 21.8. The number of halogens is 1. The summed E-state index contributed by atoms with van der Waals surface area (Å²) in [6.45, 7) is 0.968. The SMILES string of the molecule is Clc1nnc2ccc(Oc3cc(NCCC4CCCCC4)ccc3-c3ccccc3)nn12. The van der Waals surface area contributed by atoms with Crippen LogP contribution in [-0.2, 0) is 0 Å². The fraction of sp³-hybridized carbons (Fsp3) is 0.320. The lowest BCUT2D eigenvalue weighted by molar-refractivity contribution is 0.345. The molecule has 2 heterocycles. The highest BCUT2D eigenvalue weighted by Gasteiger charge is 2.14. The first kappa shape index (κ1) is 20.8. The Morgan fingerprint density at radius 2 is 1.81 bits per heavy atom. The standard InChI is InChI=1S/C25H26ClN5O/c26-25-29-28-23-13-14-24(30-31(23)25)32-22-17-20(27-16-15-18-7-3-1-4-8-18)11-12-21(22)19-9-5-2-6-10-19/h2,5-6,9-14,17-18,27H,1,3-4,7-8,15-16H2. The van der Waals surface area contributed by atoms with Gasteiger partial charge in [0, 0.05) is 29.9 Å². The van der Waals surface area contributed by atoms with Gasteiger partial charge in [0.2, 0.25) is 11.2 Å². The Hall–Kier alpha value is -3.12. The first-order valence-electron chi connectivity index (χ1n) is 11.3. The van der Waals surface area contributed by atoms with Crippen molar-refractivity contribution < 1.29 is 4.74 Å². The van der Waals surface area contributed by atoms with E-state index in [-0.39, 0.29) is 5.28 Å². The van der Waals surface area contributed by atoms with Crippen LogP contribution in [0.3, 0.4) is 0 Å². The third-order valence-electron chi connectivity index (χ3n) is 6.09. The Labute approximate surface area is 192 Å². The van der Waals surface area contributed by atoms with Crippen molar-refractivity contribution in [2.24, 2.45) is 5.92 Å². The van der Waals surface area contributed by atoms with Gasteiger partial charge in [0.05, 0.1) is 0 Å². The van der Waals surface area contributed by atoms with Crippen LogP contribution in [0.4, 0.5) is 5.69 Å². The molecule has 0 unspecified atom stereocenters. The minimum Gasteiger partial charge on any atom is -0.437 e. The molecule has 0 saturated heterocycles. The van der Waals surface area contributed by atoms with Gasteiger partial charge in [-0.3, -0.25) is 0 Å². The van der Waals surface area contributed by atoms with Crippen LogP contribution in [0.25, 0.3) is 16.8 Å². The second-order valence-electron chi connectivity index (χ2n) is 8.31. The number of nitrogens with zero attached hydrogens (tertiary/aromatic N) is 4. The molecule has 0 bridgehead atoms. The first-order chi connectivity index (χ1) is 15.8. The maximum Gasteiger partial charge on any atom is 0.246 e. The van der Waals surface area contributed by atoms with Crippen molar-refractivity contribution in [3.8, 4) is 22.8 Å². The molecule has 2 aromatic carbocycles. The molecule has 1 saturated carbocycles. The van der Waals surface area contributed by atoms with Gasteiger partial charge < -0.3 is 10.1 Å². The Bertz CT molecular complexity index is 1190. The van der Waals surface area contributed by atoms with Gasteiger partial charge in [-0.25, -0.2) is 0 Å². The molecule has 0 aliphatic heterocycles. The van der Waals surface area contributed by atoms with E-state index in [1.54, 1.807) is 12.1 Å². The summed E-state index contributed by atoms with van der Waals surface area (Å²) in [5.41, 5.74) is 3.70. The van der Waals surface area contributed by atoms with E-state index in [0.717, 1.165) is 35.0 Å². The molecular formula is C25H26ClN5O. The van der Waals surface area contributed by atoms with Crippen molar-refractivity contribution in [2.75, 3.05) is 11.9 Å². The van der Waals surface area contributed by atoms with Gasteiger partial charge in [-0.05, 0) is 47.7 Å². The number of hydrogen-bond donors (Lipinski definition) is 1. The Morgan fingerprint density at radius 1 is 0.969 bits per heavy atom. The number of aromatic nitrogens is 4. The number of nitrogens with one attached hydrogen (secondary N) is 1. The normalized spacial score (nSPS) is 14.5. The van der Waals surface area contributed by atoms with Crippen LogP contribution in [-0.4, -0.2) is 26.4 Å². The van der Waals surface area contributed by atoms with E-state index in [9.17, 15) is 0 Å². The van der Waals surface area contributed by atoms with Crippen molar-refractivity contribution in [1.82, 2.24) is 19.8 Å². The van der Waals surface area contributed by atoms with Gasteiger partial charge in [-0.1, -0.05) is 62.4 Å². The van der Waals surface area contributed by atoms with Crippen LogP contribution in [0.2, 0.25) is 5.28 Å². The van der Waals surface area contributed by atoms with Crippen molar-refractivity contribution in [2.45, 2.75) is 38.5 Å². The predicted octanol–water partition coefficient (Wildman–Crippen LogP) is 6.62. The molecule has 1 aliphatic carbocycles. The molecule has 1 N–H and O–H groups in total. The van der Waals surface area contributed by atoms with E-state index in [1.807, 2.05) is 24.3 Å². The number of fused-ring (bicyclic) bond motifs is 1. The summed E-state index contributed by atoms with van der Waals surface area (Å²) in [4.78, 5) is 0. The number of benzene rings is 2. The topological polar surface area (TPSA) is 64.3 Å². The van der Waals surface area contributed by atoms with Gasteiger partial charge in [0.25, 0.3) is 0 Å². The fourth-order valence-electron chi connectivity index (χ4n) is 4.38.